The van der Waals surface area contributed by atoms with Crippen LogP contribution in [0.4, 0.5) is 0 Å². The summed E-state index contributed by atoms with van der Waals surface area (Å²) in [6.45, 7) is 0. The number of hydrogen-bond donors (Lipinski definition) is 2. The number of aromatic nitrogens is 1. The van der Waals surface area contributed by atoms with Gasteiger partial charge in [0, 0.05) is 23.8 Å². The minimum atomic E-state index is -0.726. The summed E-state index contributed by atoms with van der Waals surface area (Å²) >= 11 is 3.33. The van der Waals surface area contributed by atoms with E-state index in [0.29, 0.717) is 18.5 Å². The zero-order valence-corrected chi connectivity index (χ0v) is 12.3. The highest BCUT2D eigenvalue weighted by Gasteiger charge is 2.27. The first-order valence-electron chi connectivity index (χ1n) is 6.33. The van der Waals surface area contributed by atoms with Crippen LogP contribution in [0.2, 0.25) is 0 Å². The number of carbonyl (C=O) groups excluding carboxylic acids is 1. The Bertz CT molecular complexity index is 490. The minimum absolute atomic E-state index is 0.0803. The summed E-state index contributed by atoms with van der Waals surface area (Å²) in [6, 6.07) is 1.86. The number of amides is 1. The molecule has 0 saturated heterocycles. The van der Waals surface area contributed by atoms with E-state index in [1.54, 1.807) is 10.6 Å². The first kappa shape index (κ1) is 14.1. The summed E-state index contributed by atoms with van der Waals surface area (Å²) in [7, 11) is 1.82. The Morgan fingerprint density at radius 3 is 2.47 bits per heavy atom. The van der Waals surface area contributed by atoms with Gasteiger partial charge in [0.05, 0.1) is 5.92 Å². The van der Waals surface area contributed by atoms with Gasteiger partial charge in [0.2, 0.25) is 0 Å². The van der Waals surface area contributed by atoms with E-state index < -0.39 is 5.97 Å². The number of carboxylic acids is 1. The normalized spacial score (nSPS) is 23.1. The van der Waals surface area contributed by atoms with Crippen molar-refractivity contribution >= 4 is 27.8 Å². The van der Waals surface area contributed by atoms with Gasteiger partial charge in [0.25, 0.3) is 5.91 Å². The monoisotopic (exact) mass is 328 g/mol. The van der Waals surface area contributed by atoms with Gasteiger partial charge in [-0.15, -0.1) is 0 Å². The van der Waals surface area contributed by atoms with Gasteiger partial charge in [0.1, 0.15) is 5.69 Å². The summed E-state index contributed by atoms with van der Waals surface area (Å²) in [6.07, 6.45) is 4.56. The average Bonchev–Trinajstić information content (AvgIpc) is 2.69. The maximum Gasteiger partial charge on any atom is 0.306 e. The number of nitrogens with one attached hydrogen (secondary N) is 1. The molecule has 0 aliphatic heterocycles. The third-order valence-corrected chi connectivity index (χ3v) is 4.05. The fourth-order valence-corrected chi connectivity index (χ4v) is 3.02. The molecule has 1 aliphatic rings. The Hall–Kier alpha value is -1.30. The average molecular weight is 329 g/mol. The lowest BCUT2D eigenvalue weighted by molar-refractivity contribution is -0.142. The van der Waals surface area contributed by atoms with Gasteiger partial charge in [-0.25, -0.2) is 0 Å². The van der Waals surface area contributed by atoms with Crippen molar-refractivity contribution in [1.82, 2.24) is 9.88 Å². The van der Waals surface area contributed by atoms with Crippen LogP contribution in [0.5, 0.6) is 0 Å². The predicted molar refractivity (Wildman–Crippen MR) is 74.0 cm³/mol. The highest BCUT2D eigenvalue weighted by Crippen LogP contribution is 2.24. The molecule has 1 amide bonds. The Balaban J connectivity index is 1.91. The van der Waals surface area contributed by atoms with Crippen molar-refractivity contribution in [2.45, 2.75) is 31.7 Å². The molecule has 1 aliphatic carbocycles. The van der Waals surface area contributed by atoms with Crippen molar-refractivity contribution in [3.63, 3.8) is 0 Å². The van der Waals surface area contributed by atoms with Crippen LogP contribution in [0.1, 0.15) is 36.2 Å². The topological polar surface area (TPSA) is 71.3 Å². The van der Waals surface area contributed by atoms with Crippen LogP contribution in [-0.4, -0.2) is 27.6 Å². The number of rotatable bonds is 3. The number of hydrogen-bond acceptors (Lipinski definition) is 2. The van der Waals surface area contributed by atoms with E-state index in [0.717, 1.165) is 17.3 Å². The minimum Gasteiger partial charge on any atom is -0.481 e. The first-order chi connectivity index (χ1) is 8.97. The van der Waals surface area contributed by atoms with Crippen molar-refractivity contribution < 1.29 is 14.7 Å². The highest BCUT2D eigenvalue weighted by atomic mass is 79.9. The largest absolute Gasteiger partial charge is 0.481 e. The summed E-state index contributed by atoms with van der Waals surface area (Å²) in [5.41, 5.74) is 0.604. The maximum absolute atomic E-state index is 12.1. The summed E-state index contributed by atoms with van der Waals surface area (Å²) in [5, 5.41) is 11.9. The van der Waals surface area contributed by atoms with Crippen LogP contribution >= 0.6 is 15.9 Å². The van der Waals surface area contributed by atoms with E-state index in [1.165, 1.54) is 0 Å². The molecular weight excluding hydrogens is 312 g/mol. The molecule has 0 radical (unpaired) electrons. The molecule has 1 fully saturated rings. The Kier molecular flexibility index (Phi) is 4.29. The van der Waals surface area contributed by atoms with Crippen molar-refractivity contribution in [2.75, 3.05) is 0 Å². The van der Waals surface area contributed by atoms with Gasteiger partial charge in [-0.2, -0.15) is 0 Å². The lowest BCUT2D eigenvalue weighted by Gasteiger charge is -2.26. The third kappa shape index (κ3) is 3.37. The standard InChI is InChI=1S/C13H17BrN2O3/c1-16-7-9(14)6-11(16)12(17)15-10-4-2-8(3-5-10)13(18)19/h6-8,10H,2-5H2,1H3,(H,15,17)(H,18,19). The number of carboxylic acid groups (broad SMARTS) is 1. The van der Waals surface area contributed by atoms with Crippen LogP contribution in [0.15, 0.2) is 16.7 Å². The second-order valence-electron chi connectivity index (χ2n) is 5.01. The SMILES string of the molecule is Cn1cc(Br)cc1C(=O)NC1CCC(C(=O)O)CC1. The van der Waals surface area contributed by atoms with E-state index >= 15 is 0 Å². The Labute approximate surface area is 120 Å². The molecular formula is C13H17BrN2O3. The zero-order chi connectivity index (χ0) is 14.0. The highest BCUT2D eigenvalue weighted by molar-refractivity contribution is 9.10. The van der Waals surface area contributed by atoms with Crippen LogP contribution in [0, 0.1) is 5.92 Å². The molecule has 104 valence electrons. The van der Waals surface area contributed by atoms with Crippen molar-refractivity contribution in [2.24, 2.45) is 13.0 Å². The molecule has 0 bridgehead atoms. The lowest BCUT2D eigenvalue weighted by atomic mass is 9.86. The second kappa shape index (κ2) is 5.77. The number of halogens is 1. The van der Waals surface area contributed by atoms with E-state index in [9.17, 15) is 9.59 Å². The molecule has 0 aromatic carbocycles. The number of carbonyl (C=O) groups is 2. The van der Waals surface area contributed by atoms with E-state index in [1.807, 2.05) is 13.2 Å². The van der Waals surface area contributed by atoms with Gasteiger partial charge >= 0.3 is 5.97 Å². The second-order valence-corrected chi connectivity index (χ2v) is 5.93. The maximum atomic E-state index is 12.1. The summed E-state index contributed by atoms with van der Waals surface area (Å²) in [4.78, 5) is 22.9. The van der Waals surface area contributed by atoms with Crippen LogP contribution in [0.25, 0.3) is 0 Å². The van der Waals surface area contributed by atoms with Crippen molar-refractivity contribution in [1.29, 1.82) is 0 Å². The van der Waals surface area contributed by atoms with Crippen LogP contribution in [-0.2, 0) is 11.8 Å². The van der Waals surface area contributed by atoms with Crippen molar-refractivity contribution in [3.8, 4) is 0 Å². The fraction of sp³-hybridized carbons (Fsp3) is 0.538. The van der Waals surface area contributed by atoms with Gasteiger partial charge in [-0.3, -0.25) is 9.59 Å². The molecule has 1 aromatic rings. The molecule has 2 rings (SSSR count). The molecule has 0 unspecified atom stereocenters. The molecule has 1 aromatic heterocycles. The number of aliphatic carboxylic acids is 1. The van der Waals surface area contributed by atoms with Gasteiger partial charge in [0.15, 0.2) is 0 Å². The molecule has 5 nitrogen and oxygen atoms in total. The lowest BCUT2D eigenvalue weighted by Crippen LogP contribution is -2.39. The smallest absolute Gasteiger partial charge is 0.306 e. The summed E-state index contributed by atoms with van der Waals surface area (Å²) in [5.74, 6) is -1.08. The van der Waals surface area contributed by atoms with E-state index in [4.69, 9.17) is 5.11 Å². The third-order valence-electron chi connectivity index (χ3n) is 3.62. The molecule has 2 N–H and O–H groups in total. The Morgan fingerprint density at radius 2 is 2.00 bits per heavy atom. The molecule has 19 heavy (non-hydrogen) atoms. The Morgan fingerprint density at radius 1 is 1.37 bits per heavy atom. The fourth-order valence-electron chi connectivity index (χ4n) is 2.49. The van der Waals surface area contributed by atoms with Gasteiger partial charge in [-0.1, -0.05) is 0 Å². The molecule has 1 heterocycles. The number of aryl methyl sites for hydroxylation is 1. The quantitative estimate of drug-likeness (QED) is 0.893. The van der Waals surface area contributed by atoms with Crippen LogP contribution < -0.4 is 5.32 Å². The number of nitrogens with zero attached hydrogens (tertiary/aromatic N) is 1. The van der Waals surface area contributed by atoms with Gasteiger partial charge in [-0.05, 0) is 47.7 Å². The first-order valence-corrected chi connectivity index (χ1v) is 7.12. The molecule has 1 saturated carbocycles. The summed E-state index contributed by atoms with van der Waals surface area (Å²) < 4.78 is 2.64. The van der Waals surface area contributed by atoms with E-state index in [2.05, 4.69) is 21.2 Å². The van der Waals surface area contributed by atoms with Crippen LogP contribution in [0.3, 0.4) is 0 Å². The van der Waals surface area contributed by atoms with Crippen molar-refractivity contribution in [3.05, 3.63) is 22.4 Å². The van der Waals surface area contributed by atoms with Gasteiger partial charge < -0.3 is 15.0 Å². The molecule has 0 spiro atoms. The molecule has 6 heteroatoms. The zero-order valence-electron chi connectivity index (χ0n) is 10.7. The van der Waals surface area contributed by atoms with E-state index in [-0.39, 0.29) is 17.9 Å². The molecule has 0 atom stereocenters. The predicted octanol–water partition coefficient (Wildman–Crippen LogP) is 2.16.